The number of morpholine rings is 1. The number of ether oxygens (including phenoxy) is 1. The number of nitrogens with zero attached hydrogens (tertiary/aromatic N) is 3. The van der Waals surface area contributed by atoms with Gasteiger partial charge < -0.3 is 10.5 Å². The molecule has 0 unspecified atom stereocenters. The number of anilines is 1. The van der Waals surface area contributed by atoms with E-state index in [-0.39, 0.29) is 0 Å². The number of aromatic nitrogens is 2. The summed E-state index contributed by atoms with van der Waals surface area (Å²) in [6, 6.07) is 0. The van der Waals surface area contributed by atoms with E-state index in [0.717, 1.165) is 38.0 Å². The summed E-state index contributed by atoms with van der Waals surface area (Å²) in [4.78, 5) is 2.29. The molecular formula is C7H13N4OS2+. The van der Waals surface area contributed by atoms with Gasteiger partial charge in [-0.15, -0.1) is 4.68 Å². The van der Waals surface area contributed by atoms with Crippen LogP contribution < -0.4 is 8.85 Å². The number of rotatable bonds is 2. The highest BCUT2D eigenvalue weighted by Gasteiger charge is 2.14. The summed E-state index contributed by atoms with van der Waals surface area (Å²) in [6.45, 7) is 4.31. The molecule has 0 amide bonds. The van der Waals surface area contributed by atoms with E-state index in [9.17, 15) is 0 Å². The van der Waals surface area contributed by atoms with Gasteiger partial charge >= 0.3 is 12.4 Å². The maximum absolute atomic E-state index is 5.65. The van der Waals surface area contributed by atoms with Crippen LogP contribution in [-0.4, -0.2) is 35.9 Å². The van der Waals surface area contributed by atoms with Crippen molar-refractivity contribution in [1.82, 2.24) is 9.58 Å². The Labute approximate surface area is 91.6 Å². The zero-order chi connectivity index (χ0) is 9.97. The summed E-state index contributed by atoms with van der Waals surface area (Å²) in [5.41, 5.74) is 5.65. The van der Waals surface area contributed by atoms with Crippen LogP contribution in [0.1, 0.15) is 0 Å². The standard InChI is InChI=1S/C7H13N4OS2/c8-7-5-10(11(13)14-7)6-9-1-3-12-4-2-9/h5H,1-4,6,8H2/q+1. The molecule has 78 valence electrons. The molecule has 1 fully saturated rings. The van der Waals surface area contributed by atoms with E-state index < -0.39 is 0 Å². The van der Waals surface area contributed by atoms with Gasteiger partial charge in [-0.05, 0) is 0 Å². The lowest BCUT2D eigenvalue weighted by atomic mass is 10.4. The minimum absolute atomic E-state index is 0.744. The van der Waals surface area contributed by atoms with Crippen molar-refractivity contribution in [1.29, 1.82) is 0 Å². The van der Waals surface area contributed by atoms with Crippen molar-refractivity contribution < 1.29 is 7.85 Å². The van der Waals surface area contributed by atoms with Crippen LogP contribution in [0.2, 0.25) is 0 Å². The van der Waals surface area contributed by atoms with Crippen molar-refractivity contribution in [2.75, 3.05) is 32.0 Å². The van der Waals surface area contributed by atoms with E-state index in [1.807, 2.05) is 10.9 Å². The molecule has 0 saturated carbocycles. The van der Waals surface area contributed by atoms with Gasteiger partial charge in [0, 0.05) is 13.1 Å². The van der Waals surface area contributed by atoms with Crippen LogP contribution in [0.5, 0.6) is 0 Å². The Balaban J connectivity index is 2.02. The molecule has 2 N–H and O–H groups in total. The lowest BCUT2D eigenvalue weighted by Gasteiger charge is -2.24. The van der Waals surface area contributed by atoms with E-state index in [2.05, 4.69) is 4.90 Å². The lowest BCUT2D eigenvalue weighted by molar-refractivity contribution is -0.476. The molecule has 1 aliphatic rings. The smallest absolute Gasteiger partial charge is 0.321 e. The average Bonchev–Trinajstić information content (AvgIpc) is 2.47. The first-order valence-electron chi connectivity index (χ1n) is 4.45. The summed E-state index contributed by atoms with van der Waals surface area (Å²) in [7, 11) is 0. The molecule has 1 saturated heterocycles. The van der Waals surface area contributed by atoms with Gasteiger partial charge in [-0.25, -0.2) is 0 Å². The number of nitrogen functional groups attached to an aromatic ring is 1. The molecular weight excluding hydrogens is 220 g/mol. The molecule has 0 atom stereocenters. The largest absolute Gasteiger partial charge is 0.384 e. The molecule has 0 bridgehead atoms. The third-order valence-corrected chi connectivity index (χ3v) is 3.23. The predicted molar refractivity (Wildman–Crippen MR) is 56.7 cm³/mol. The molecule has 5 nitrogen and oxygen atoms in total. The van der Waals surface area contributed by atoms with E-state index in [1.54, 1.807) is 3.12 Å². The monoisotopic (exact) mass is 233 g/mol. The third kappa shape index (κ3) is 2.30. The van der Waals surface area contributed by atoms with Gasteiger partial charge in [-0.2, -0.15) is 0 Å². The van der Waals surface area contributed by atoms with Crippen molar-refractivity contribution in [3.05, 3.63) is 6.20 Å². The highest BCUT2D eigenvalue weighted by molar-refractivity contribution is 7.67. The van der Waals surface area contributed by atoms with Gasteiger partial charge in [-0.3, -0.25) is 4.90 Å². The van der Waals surface area contributed by atoms with Gasteiger partial charge in [0.2, 0.25) is 11.5 Å². The third-order valence-electron chi connectivity index (χ3n) is 2.12. The number of hydrogen-bond donors (Lipinski definition) is 1. The Kier molecular flexibility index (Phi) is 3.12. The molecule has 2 rings (SSSR count). The van der Waals surface area contributed by atoms with Crippen LogP contribution in [0, 0.1) is 0 Å². The minimum atomic E-state index is 0.744. The Morgan fingerprint density at radius 1 is 1.57 bits per heavy atom. The number of hydrogen-bond acceptors (Lipinski definition) is 5. The Hall–Kier alpha value is -0.500. The number of nitrogens with two attached hydrogens (primary N) is 1. The maximum Gasteiger partial charge on any atom is 0.321 e. The van der Waals surface area contributed by atoms with E-state index in [1.165, 1.54) is 11.5 Å². The first-order valence-corrected chi connectivity index (χ1v) is 5.59. The van der Waals surface area contributed by atoms with Crippen molar-refractivity contribution in [2.45, 2.75) is 6.67 Å². The van der Waals surface area contributed by atoms with Crippen LogP contribution in [0.3, 0.4) is 0 Å². The van der Waals surface area contributed by atoms with Crippen LogP contribution in [-0.2, 0) is 11.4 Å². The fourth-order valence-electron chi connectivity index (χ4n) is 1.40. The Morgan fingerprint density at radius 2 is 2.29 bits per heavy atom. The summed E-state index contributed by atoms with van der Waals surface area (Å²) in [5, 5.41) is 0.744. The predicted octanol–water partition coefficient (Wildman–Crippen LogP) is -0.0493. The van der Waals surface area contributed by atoms with E-state index >= 15 is 0 Å². The normalized spacial score (nSPS) is 18.6. The lowest BCUT2D eigenvalue weighted by Crippen LogP contribution is -2.40. The quantitative estimate of drug-likeness (QED) is 0.728. The van der Waals surface area contributed by atoms with Gasteiger partial charge in [-0.1, -0.05) is 0 Å². The molecule has 1 aliphatic heterocycles. The minimum Gasteiger partial charge on any atom is -0.384 e. The second-order valence-electron chi connectivity index (χ2n) is 3.17. The van der Waals surface area contributed by atoms with E-state index in [0.29, 0.717) is 0 Å². The first kappa shape index (κ1) is 10.0. The van der Waals surface area contributed by atoms with Crippen molar-refractivity contribution in [3.8, 4) is 0 Å². The second kappa shape index (κ2) is 4.35. The highest BCUT2D eigenvalue weighted by atomic mass is 32.2. The molecule has 0 aliphatic carbocycles. The molecule has 0 spiro atoms. The Bertz CT molecular complexity index is 355. The molecule has 7 heteroatoms. The molecule has 2 heterocycles. The van der Waals surface area contributed by atoms with E-state index in [4.69, 9.17) is 22.9 Å². The van der Waals surface area contributed by atoms with Crippen LogP contribution in [0.25, 0.3) is 0 Å². The van der Waals surface area contributed by atoms with Crippen molar-refractivity contribution >= 4 is 29.0 Å². The van der Waals surface area contributed by atoms with Crippen molar-refractivity contribution in [2.24, 2.45) is 0 Å². The highest BCUT2D eigenvalue weighted by Crippen LogP contribution is 2.05. The van der Waals surface area contributed by atoms with Gasteiger partial charge in [0.25, 0.3) is 0 Å². The van der Waals surface area contributed by atoms with Crippen LogP contribution in [0.15, 0.2) is 6.20 Å². The van der Waals surface area contributed by atoms with Crippen molar-refractivity contribution in [3.63, 3.8) is 0 Å². The fraction of sp³-hybridized carbons (Fsp3) is 0.714. The molecule has 1 aromatic rings. The molecule has 0 radical (unpaired) electrons. The molecule has 0 aromatic carbocycles. The summed E-state index contributed by atoms with van der Waals surface area (Å²) >= 11 is 6.47. The average molecular weight is 233 g/mol. The Morgan fingerprint density at radius 3 is 2.86 bits per heavy atom. The zero-order valence-corrected chi connectivity index (χ0v) is 9.39. The zero-order valence-electron chi connectivity index (χ0n) is 7.76. The summed E-state index contributed by atoms with van der Waals surface area (Å²) < 4.78 is 8.83. The van der Waals surface area contributed by atoms with Gasteiger partial charge in [0.15, 0.2) is 5.00 Å². The first-order chi connectivity index (χ1) is 6.75. The topological polar surface area (TPSA) is 49.3 Å². The van der Waals surface area contributed by atoms with Gasteiger partial charge in [0.05, 0.1) is 16.3 Å². The summed E-state index contributed by atoms with van der Waals surface area (Å²) in [6.07, 6.45) is 1.87. The molecule has 1 aromatic heterocycles. The van der Waals surface area contributed by atoms with Crippen LogP contribution in [0.4, 0.5) is 5.00 Å². The van der Waals surface area contributed by atoms with Crippen LogP contribution >= 0.6 is 24.0 Å². The molecule has 14 heavy (non-hydrogen) atoms. The second-order valence-corrected chi connectivity index (χ2v) is 4.75. The summed E-state index contributed by atoms with van der Waals surface area (Å²) in [5.74, 6) is 0. The SMILES string of the molecule is Nc1cn(CN2CCOCC2)[n+](=S)s1. The van der Waals surface area contributed by atoms with Gasteiger partial charge in [0.1, 0.15) is 12.9 Å². The maximum atomic E-state index is 5.65. The fourth-order valence-corrected chi connectivity index (χ4v) is 2.31.